The van der Waals surface area contributed by atoms with Gasteiger partial charge in [0.2, 0.25) is 0 Å². The molecule has 13 rings (SSSR count). The average molecular weight is 1770 g/mol. The molecule has 0 fully saturated rings. The van der Waals surface area contributed by atoms with Crippen molar-refractivity contribution in [3.05, 3.63) is 410 Å². The van der Waals surface area contributed by atoms with Crippen LogP contribution in [0, 0.1) is 0 Å². The second-order valence-electron chi connectivity index (χ2n) is 28.3. The Bertz CT molecular complexity index is 5970. The summed E-state index contributed by atoms with van der Waals surface area (Å²) < 4.78 is 76.4. The fourth-order valence-electron chi connectivity index (χ4n) is 12.9. The predicted molar refractivity (Wildman–Crippen MR) is 491 cm³/mol. The third-order valence-electron chi connectivity index (χ3n) is 19.2. The Morgan fingerprint density at radius 3 is 0.967 bits per heavy atom. The molecular formula is C98H91ClO15S7. The first kappa shape index (κ1) is 92.5. The van der Waals surface area contributed by atoms with Crippen molar-refractivity contribution in [2.24, 2.45) is 0 Å². The minimum Gasteiger partial charge on any atom is -0.478 e. The number of halogens is 1. The molecule has 0 aliphatic carbocycles. The first-order chi connectivity index (χ1) is 58.3. The fraction of sp³-hybridized carbons (Fsp3) is 0.173. The van der Waals surface area contributed by atoms with E-state index in [0.717, 1.165) is 90.2 Å². The number of fused-ring (bicyclic) bond motifs is 1. The van der Waals surface area contributed by atoms with Crippen molar-refractivity contribution >= 4 is 129 Å². The van der Waals surface area contributed by atoms with Gasteiger partial charge in [0.25, 0.3) is 0 Å². The molecule has 0 aromatic heterocycles. The number of Topliss-reactive ketones (excluding diaryl/α,β-unsaturated/α-hetero) is 1. The van der Waals surface area contributed by atoms with Gasteiger partial charge in [-0.3, -0.25) is 4.79 Å². The molecule has 0 saturated heterocycles. The number of aryl methyl sites for hydroxylation is 6. The van der Waals surface area contributed by atoms with Crippen LogP contribution in [-0.4, -0.2) is 104 Å². The summed E-state index contributed by atoms with van der Waals surface area (Å²) in [4.78, 5) is 63.0. The lowest BCUT2D eigenvalue weighted by Crippen LogP contribution is -2.14. The number of hydrogen-bond donors (Lipinski definition) is 4. The van der Waals surface area contributed by atoms with Gasteiger partial charge < -0.3 is 20.4 Å². The minimum atomic E-state index is -3.70. The van der Waals surface area contributed by atoms with Crippen molar-refractivity contribution in [2.75, 3.05) is 28.8 Å². The molecule has 0 aliphatic heterocycles. The number of ketones is 1. The van der Waals surface area contributed by atoms with E-state index < -0.39 is 53.4 Å². The second-order valence-corrected chi connectivity index (χ2v) is 39.6. The zero-order valence-electron chi connectivity index (χ0n) is 66.1. The van der Waals surface area contributed by atoms with Gasteiger partial charge in [-0.15, -0.1) is 47.0 Å². The lowest BCUT2D eigenvalue weighted by Gasteiger charge is -2.11. The highest BCUT2D eigenvalue weighted by Crippen LogP contribution is 2.31. The van der Waals surface area contributed by atoms with Gasteiger partial charge in [0.05, 0.1) is 55.9 Å². The number of sulfone groups is 3. The molecular weight excluding hydrogens is 1680 g/mol. The highest BCUT2D eigenvalue weighted by molar-refractivity contribution is 8.00. The van der Waals surface area contributed by atoms with E-state index in [2.05, 4.69) is 48.5 Å². The molecule has 0 saturated carbocycles. The van der Waals surface area contributed by atoms with Gasteiger partial charge in [-0.1, -0.05) is 260 Å². The summed E-state index contributed by atoms with van der Waals surface area (Å²) in [5.74, 6) is -2.12. The van der Waals surface area contributed by atoms with Gasteiger partial charge in [0.1, 0.15) is 5.78 Å². The highest BCUT2D eigenvalue weighted by atomic mass is 35.5. The second kappa shape index (κ2) is 46.9. The molecule has 0 heterocycles. The standard InChI is InChI=1S/C26H22O4S2.C25H24O3S.C24H24O4S2.C23H21ClO4S2/c27-26(28)25-17-23(31-15-14-19-6-2-1-3-7-19)12-10-22(25)18-32(29,30)24-13-11-20-8-4-5-9-21(20)16-24;26-22(13-11-19-7-3-1-4-8-19)17-21-12-14-23(18-24(21)25(27)28)29-16-15-20-9-5-2-6-10-20;25-24(26)23-17-22(29-15-13-19-7-3-1-4-8-19)12-11-21(23)18-30(27,28)16-14-20-9-5-2-6-10-20;24-20-9-6-18(7-10-20)15-30(27,28)16-19-8-11-21(14-22(19)23(25)26)29-13-12-17-4-2-1-3-5-17/h1-13,16-17H,14-15,18H2,(H,27,28);1-10,12,14,18H,11,13,15-17H2,(H,27,28);1-12,17H,13-16,18H2,(H,25,26);1-11,14H,12-13,15-16H2,(H,25,26). The molecule has 0 atom stereocenters. The van der Waals surface area contributed by atoms with Gasteiger partial charge in [-0.25, -0.2) is 44.4 Å². The molecule has 0 spiro atoms. The Kier molecular flexibility index (Phi) is 35.8. The number of carboxylic acid groups (broad SMARTS) is 4. The Hall–Kier alpha value is -10.8. The van der Waals surface area contributed by atoms with Gasteiger partial charge in [-0.2, -0.15) is 0 Å². The average Bonchev–Trinajstić information content (AvgIpc) is 0.792. The quantitative estimate of drug-likeness (QED) is 0.0264. The summed E-state index contributed by atoms with van der Waals surface area (Å²) in [6.07, 6.45) is 5.20. The summed E-state index contributed by atoms with van der Waals surface area (Å²) in [5.41, 5.74) is 9.45. The molecule has 0 radical (unpaired) electrons. The third-order valence-corrected chi connectivity index (χ3v) is 28.2. The predicted octanol–water partition coefficient (Wildman–Crippen LogP) is 21.7. The zero-order chi connectivity index (χ0) is 86.0. The van der Waals surface area contributed by atoms with E-state index in [1.54, 1.807) is 150 Å². The molecule has 4 N–H and O–H groups in total. The molecule has 0 amide bonds. The third kappa shape index (κ3) is 31.3. The first-order valence-electron chi connectivity index (χ1n) is 38.9. The Morgan fingerprint density at radius 1 is 0.281 bits per heavy atom. The van der Waals surface area contributed by atoms with Crippen LogP contribution in [0.3, 0.4) is 0 Å². The first-order valence-corrected chi connectivity index (χ1v) is 48.5. The van der Waals surface area contributed by atoms with E-state index in [1.165, 1.54) is 22.3 Å². The summed E-state index contributed by atoms with van der Waals surface area (Å²) in [6, 6.07) is 99.2. The number of rotatable bonds is 37. The van der Waals surface area contributed by atoms with Crippen LogP contribution in [-0.2, 0) is 102 Å². The number of carboxylic acids is 4. The molecule has 13 aromatic carbocycles. The van der Waals surface area contributed by atoms with Crippen molar-refractivity contribution in [3.8, 4) is 0 Å². The summed E-state index contributed by atoms with van der Waals surface area (Å²) in [6.45, 7) is 0. The molecule has 15 nitrogen and oxygen atoms in total. The highest BCUT2D eigenvalue weighted by Gasteiger charge is 2.24. The van der Waals surface area contributed by atoms with Crippen LogP contribution in [0.2, 0.25) is 5.02 Å². The largest absolute Gasteiger partial charge is 0.478 e. The fourth-order valence-corrected chi connectivity index (χ4v) is 21.1. The molecule has 0 unspecified atom stereocenters. The lowest BCUT2D eigenvalue weighted by molar-refractivity contribution is -0.118. The zero-order valence-corrected chi connectivity index (χ0v) is 72.6. The Balaban J connectivity index is 0.000000169. The van der Waals surface area contributed by atoms with E-state index in [1.807, 2.05) is 170 Å². The van der Waals surface area contributed by atoms with Crippen molar-refractivity contribution in [1.82, 2.24) is 0 Å². The molecule has 0 bridgehead atoms. The number of thioether (sulfide) groups is 4. The molecule has 13 aromatic rings. The van der Waals surface area contributed by atoms with Crippen molar-refractivity contribution < 1.29 is 69.7 Å². The number of aromatic carboxylic acids is 4. The van der Waals surface area contributed by atoms with Crippen LogP contribution in [0.15, 0.2) is 346 Å². The smallest absolute Gasteiger partial charge is 0.336 e. The van der Waals surface area contributed by atoms with Crippen molar-refractivity contribution in [2.45, 2.75) is 98.9 Å². The van der Waals surface area contributed by atoms with E-state index >= 15 is 0 Å². The van der Waals surface area contributed by atoms with E-state index in [-0.39, 0.29) is 73.7 Å². The van der Waals surface area contributed by atoms with Crippen molar-refractivity contribution in [3.63, 3.8) is 0 Å². The SMILES string of the molecule is O=C(CCc1ccccc1)Cc1ccc(SCCc2ccccc2)cc1C(=O)O.O=C(O)c1cc(SCCc2ccccc2)ccc1CS(=O)(=O)CCc1ccccc1.O=C(O)c1cc(SCCc2ccccc2)ccc1CS(=O)(=O)Cc1ccc(Cl)cc1.O=C(O)c1cc(SCCc2ccccc2)ccc1CS(=O)(=O)c1ccc2ccccc2c1. The normalized spacial score (nSPS) is 11.2. The van der Waals surface area contributed by atoms with Crippen molar-refractivity contribution in [1.29, 1.82) is 0 Å². The van der Waals surface area contributed by atoms with Crippen LogP contribution in [0.1, 0.15) is 109 Å². The van der Waals surface area contributed by atoms with E-state index in [9.17, 15) is 69.7 Å². The maximum atomic E-state index is 13.0. The molecule has 622 valence electrons. The van der Waals surface area contributed by atoms with Gasteiger partial charge >= 0.3 is 23.9 Å². The minimum absolute atomic E-state index is 0.0103. The van der Waals surface area contributed by atoms with Crippen LogP contribution in [0.25, 0.3) is 10.8 Å². The van der Waals surface area contributed by atoms with E-state index in [4.69, 9.17) is 11.6 Å². The Labute approximate surface area is 729 Å². The van der Waals surface area contributed by atoms with Crippen LogP contribution in [0.4, 0.5) is 0 Å². The van der Waals surface area contributed by atoms with Gasteiger partial charge in [0, 0.05) is 60.5 Å². The Morgan fingerprint density at radius 2 is 0.595 bits per heavy atom. The van der Waals surface area contributed by atoms with Gasteiger partial charge in [-0.05, 0) is 183 Å². The lowest BCUT2D eigenvalue weighted by atomic mass is 9.99. The number of benzene rings is 13. The number of hydrogen-bond acceptors (Lipinski definition) is 15. The monoisotopic (exact) mass is 1770 g/mol. The summed E-state index contributed by atoms with van der Waals surface area (Å²) in [5, 5.41) is 40.8. The topological polar surface area (TPSA) is 269 Å². The maximum absolute atomic E-state index is 13.0. The molecule has 0 aliphatic rings. The number of carbonyl (C=O) groups excluding carboxylic acids is 1. The van der Waals surface area contributed by atoms with Crippen LogP contribution in [0.5, 0.6) is 0 Å². The van der Waals surface area contributed by atoms with Gasteiger partial charge in [0.15, 0.2) is 29.5 Å². The summed E-state index contributed by atoms with van der Waals surface area (Å²) >= 11 is 12.2. The number of carbonyl (C=O) groups is 5. The van der Waals surface area contributed by atoms with Crippen LogP contribution < -0.4 is 0 Å². The molecule has 23 heteroatoms. The van der Waals surface area contributed by atoms with E-state index in [0.29, 0.717) is 46.5 Å². The van der Waals surface area contributed by atoms with Crippen LogP contribution >= 0.6 is 58.6 Å². The maximum Gasteiger partial charge on any atom is 0.336 e. The molecule has 121 heavy (non-hydrogen) atoms. The summed E-state index contributed by atoms with van der Waals surface area (Å²) in [7, 11) is -10.7.